The number of carbonyl (C=O) groups is 1. The van der Waals surface area contributed by atoms with Crippen molar-refractivity contribution in [2.24, 2.45) is 0 Å². The summed E-state index contributed by atoms with van der Waals surface area (Å²) in [6, 6.07) is 1.85. The van der Waals surface area contributed by atoms with Crippen molar-refractivity contribution >= 4 is 56.7 Å². The van der Waals surface area contributed by atoms with Gasteiger partial charge in [-0.25, -0.2) is 0 Å². The molecule has 6 nitrogen and oxygen atoms in total. The molecule has 0 spiro atoms. The number of nitrogens with one attached hydrogen (secondary N) is 2. The Morgan fingerprint density at radius 2 is 2.43 bits per heavy atom. The number of carbonyl (C=O) groups excluding carboxylic acids is 1. The SMILES string of the molecule is O=C(NCC1CCCO1)c1sc(=S)n2c1[nH]c(=O)c1sccc12. The van der Waals surface area contributed by atoms with Crippen LogP contribution in [-0.4, -0.2) is 34.5 Å². The minimum absolute atomic E-state index is 0.0726. The Bertz CT molecular complexity index is 1010. The second kappa shape index (κ2) is 5.82. The maximum atomic E-state index is 12.5. The summed E-state index contributed by atoms with van der Waals surface area (Å²) in [5.74, 6) is -0.232. The molecule has 1 atom stereocenters. The van der Waals surface area contributed by atoms with Crippen molar-refractivity contribution in [2.45, 2.75) is 18.9 Å². The van der Waals surface area contributed by atoms with Gasteiger partial charge in [0.25, 0.3) is 11.5 Å². The highest BCUT2D eigenvalue weighted by atomic mass is 32.1. The third-order valence-electron chi connectivity index (χ3n) is 3.85. The van der Waals surface area contributed by atoms with Gasteiger partial charge >= 0.3 is 0 Å². The van der Waals surface area contributed by atoms with Gasteiger partial charge in [0, 0.05) is 13.2 Å². The second-order valence-electron chi connectivity index (χ2n) is 5.32. The Labute approximate surface area is 143 Å². The normalized spacial score (nSPS) is 18.0. The number of rotatable bonds is 3. The molecule has 1 saturated heterocycles. The number of fused-ring (bicyclic) bond motifs is 3. The molecule has 3 aromatic heterocycles. The quantitative estimate of drug-likeness (QED) is 0.698. The van der Waals surface area contributed by atoms with Crippen molar-refractivity contribution in [1.29, 1.82) is 0 Å². The standard InChI is InChI=1S/C14H13N3O3S3/c18-12(15-6-7-2-1-4-20-7)10-11-16-13(19)9-8(3-5-22-9)17(11)14(21)23-10/h3,5,7H,1-2,4,6H2,(H,15,18)(H,16,19). The van der Waals surface area contributed by atoms with E-state index in [0.717, 1.165) is 25.0 Å². The van der Waals surface area contributed by atoms with Gasteiger partial charge in [-0.15, -0.1) is 11.3 Å². The van der Waals surface area contributed by atoms with Gasteiger partial charge in [0.15, 0.2) is 3.95 Å². The van der Waals surface area contributed by atoms with E-state index in [2.05, 4.69) is 10.3 Å². The molecular formula is C14H13N3O3S3. The zero-order valence-electron chi connectivity index (χ0n) is 12.0. The summed E-state index contributed by atoms with van der Waals surface area (Å²) in [7, 11) is 0. The van der Waals surface area contributed by atoms with Crippen LogP contribution in [0.3, 0.4) is 0 Å². The van der Waals surface area contributed by atoms with Crippen molar-refractivity contribution in [1.82, 2.24) is 14.7 Å². The van der Waals surface area contributed by atoms with Crippen LogP contribution in [0, 0.1) is 3.95 Å². The van der Waals surface area contributed by atoms with Crippen LogP contribution in [0.1, 0.15) is 22.5 Å². The third kappa shape index (κ3) is 2.53. The fraction of sp³-hybridized carbons (Fsp3) is 0.357. The summed E-state index contributed by atoms with van der Waals surface area (Å²) >= 11 is 7.94. The average molecular weight is 367 g/mol. The van der Waals surface area contributed by atoms with Crippen molar-refractivity contribution < 1.29 is 9.53 Å². The first-order chi connectivity index (χ1) is 11.1. The summed E-state index contributed by atoms with van der Waals surface area (Å²) in [4.78, 5) is 27.9. The summed E-state index contributed by atoms with van der Waals surface area (Å²) in [6.45, 7) is 1.22. The van der Waals surface area contributed by atoms with Gasteiger partial charge in [0.1, 0.15) is 15.2 Å². The van der Waals surface area contributed by atoms with Crippen LogP contribution in [0.25, 0.3) is 15.9 Å². The maximum Gasteiger partial charge on any atom is 0.269 e. The zero-order chi connectivity index (χ0) is 16.0. The predicted molar refractivity (Wildman–Crippen MR) is 93.4 cm³/mol. The Balaban J connectivity index is 1.75. The van der Waals surface area contributed by atoms with E-state index in [1.165, 1.54) is 22.7 Å². The number of aromatic nitrogens is 2. The van der Waals surface area contributed by atoms with Crippen molar-refractivity contribution in [3.8, 4) is 0 Å². The van der Waals surface area contributed by atoms with Crippen LogP contribution in [0.4, 0.5) is 0 Å². The van der Waals surface area contributed by atoms with Crippen molar-refractivity contribution in [3.05, 3.63) is 30.6 Å². The van der Waals surface area contributed by atoms with Gasteiger partial charge in [-0.05, 0) is 36.5 Å². The average Bonchev–Trinajstić information content (AvgIpc) is 3.24. The molecule has 1 amide bonds. The molecule has 3 aromatic rings. The van der Waals surface area contributed by atoms with Gasteiger partial charge in [0.2, 0.25) is 0 Å². The van der Waals surface area contributed by atoms with Crippen molar-refractivity contribution in [3.63, 3.8) is 0 Å². The lowest BCUT2D eigenvalue weighted by atomic mass is 10.2. The monoisotopic (exact) mass is 367 g/mol. The molecule has 1 unspecified atom stereocenters. The lowest BCUT2D eigenvalue weighted by molar-refractivity contribution is 0.0862. The number of nitrogens with zero attached hydrogens (tertiary/aromatic N) is 1. The topological polar surface area (TPSA) is 75.6 Å². The third-order valence-corrected chi connectivity index (χ3v) is 6.13. The number of H-pyrrole nitrogens is 1. The van der Waals surface area contributed by atoms with Gasteiger partial charge in [-0.2, -0.15) is 0 Å². The Hall–Kier alpha value is -1.55. The molecular weight excluding hydrogens is 354 g/mol. The molecule has 1 aliphatic heterocycles. The van der Waals surface area contributed by atoms with Crippen LogP contribution >= 0.6 is 34.9 Å². The Morgan fingerprint density at radius 1 is 1.57 bits per heavy atom. The van der Waals surface area contributed by atoms with E-state index in [1.54, 1.807) is 4.40 Å². The van der Waals surface area contributed by atoms with Crippen LogP contribution in [0.2, 0.25) is 0 Å². The van der Waals surface area contributed by atoms with Crippen LogP contribution in [0.5, 0.6) is 0 Å². The lowest BCUT2D eigenvalue weighted by Gasteiger charge is -2.09. The highest BCUT2D eigenvalue weighted by Gasteiger charge is 2.21. The summed E-state index contributed by atoms with van der Waals surface area (Å²) in [6.07, 6.45) is 2.06. The van der Waals surface area contributed by atoms with E-state index in [4.69, 9.17) is 17.0 Å². The molecule has 4 rings (SSSR count). The maximum absolute atomic E-state index is 12.5. The summed E-state index contributed by atoms with van der Waals surface area (Å²) < 4.78 is 8.42. The molecule has 1 aliphatic rings. The van der Waals surface area contributed by atoms with Gasteiger partial charge in [-0.3, -0.25) is 14.0 Å². The number of thiophene rings is 1. The zero-order valence-corrected chi connectivity index (χ0v) is 14.4. The van der Waals surface area contributed by atoms with E-state index in [9.17, 15) is 9.59 Å². The van der Waals surface area contributed by atoms with E-state index in [0.29, 0.717) is 25.7 Å². The van der Waals surface area contributed by atoms with Gasteiger partial charge in [0.05, 0.1) is 11.6 Å². The van der Waals surface area contributed by atoms with E-state index >= 15 is 0 Å². The fourth-order valence-electron chi connectivity index (χ4n) is 2.76. The largest absolute Gasteiger partial charge is 0.376 e. The number of hydrogen-bond donors (Lipinski definition) is 2. The number of hydrogen-bond acceptors (Lipinski definition) is 6. The van der Waals surface area contributed by atoms with Gasteiger partial charge in [-0.1, -0.05) is 11.3 Å². The number of aromatic amines is 1. The minimum Gasteiger partial charge on any atom is -0.376 e. The second-order valence-corrected chi connectivity index (χ2v) is 7.88. The molecule has 0 bridgehead atoms. The van der Waals surface area contributed by atoms with Crippen LogP contribution < -0.4 is 10.9 Å². The molecule has 23 heavy (non-hydrogen) atoms. The molecule has 2 N–H and O–H groups in total. The van der Waals surface area contributed by atoms with Crippen molar-refractivity contribution in [2.75, 3.05) is 13.2 Å². The predicted octanol–water partition coefficient (Wildman–Crippen LogP) is 2.54. The highest BCUT2D eigenvalue weighted by Crippen LogP contribution is 2.24. The molecule has 0 aliphatic carbocycles. The summed E-state index contributed by atoms with van der Waals surface area (Å²) in [5.41, 5.74) is 1.00. The number of thiazole rings is 1. The van der Waals surface area contributed by atoms with E-state index in [-0.39, 0.29) is 17.6 Å². The lowest BCUT2D eigenvalue weighted by Crippen LogP contribution is -2.31. The Morgan fingerprint density at radius 3 is 3.22 bits per heavy atom. The first-order valence-electron chi connectivity index (χ1n) is 7.20. The van der Waals surface area contributed by atoms with Gasteiger partial charge < -0.3 is 15.0 Å². The highest BCUT2D eigenvalue weighted by molar-refractivity contribution is 7.73. The van der Waals surface area contributed by atoms with Crippen LogP contribution in [-0.2, 0) is 4.74 Å². The molecule has 4 heterocycles. The molecule has 0 aromatic carbocycles. The molecule has 9 heteroatoms. The smallest absolute Gasteiger partial charge is 0.269 e. The molecule has 0 saturated carbocycles. The number of ether oxygens (including phenoxy) is 1. The minimum atomic E-state index is -0.232. The van der Waals surface area contributed by atoms with Crippen LogP contribution in [0.15, 0.2) is 16.2 Å². The number of amides is 1. The first kappa shape index (κ1) is 15.0. The fourth-order valence-corrected chi connectivity index (χ4v) is 4.83. The molecule has 1 fully saturated rings. The molecule has 0 radical (unpaired) electrons. The van der Waals surface area contributed by atoms with E-state index < -0.39 is 0 Å². The first-order valence-corrected chi connectivity index (χ1v) is 9.30. The Kier molecular flexibility index (Phi) is 3.80. The van der Waals surface area contributed by atoms with E-state index in [1.807, 2.05) is 11.4 Å². The summed E-state index contributed by atoms with van der Waals surface area (Å²) in [5, 5.41) is 4.72. The molecule has 120 valence electrons.